The van der Waals surface area contributed by atoms with Gasteiger partial charge >= 0.3 is 5.97 Å². The average Bonchev–Trinajstić information content (AvgIpc) is 3.40. The maximum Gasteiger partial charge on any atom is 0.303 e. The van der Waals surface area contributed by atoms with E-state index in [1.54, 1.807) is 18.2 Å². The van der Waals surface area contributed by atoms with Gasteiger partial charge in [-0.05, 0) is 82.8 Å². The van der Waals surface area contributed by atoms with Gasteiger partial charge in [-0.1, -0.05) is 119 Å². The minimum Gasteiger partial charge on any atom is -0.508 e. The molecule has 2 aliphatic rings. The number of rotatable bonds is 18. The number of aliphatic hydroxyl groups is 2. The lowest BCUT2D eigenvalue weighted by Gasteiger charge is -2.44. The molecule has 294 valence electrons. The predicted octanol–water partition coefficient (Wildman–Crippen LogP) is 6.46. The van der Waals surface area contributed by atoms with Crippen LogP contribution >= 0.6 is 0 Å². The summed E-state index contributed by atoms with van der Waals surface area (Å²) in [6.45, 7) is 8.51. The molecule has 3 aromatic rings. The molecule has 0 saturated carbocycles. The molecule has 1 aliphatic heterocycles. The van der Waals surface area contributed by atoms with E-state index in [1.807, 2.05) is 55.5 Å². The summed E-state index contributed by atoms with van der Waals surface area (Å²) >= 11 is 0. The number of carboxylic acid groups (broad SMARTS) is 1. The standard InChI is InChI=1S/C45H57NO8Si/c1-5-31(26-32-16-15-17-34(48)27-32)23-24-39(49)41-33(28-37-42(38(41)29-47)44(53)46(43(37)52)25-14-8-13-22-40(50)51)30-54-55(45(2,3)4,35-18-9-6-10-19-35)36-20-11-7-12-21-36/h6-7,9-12,15-21,26-27,37-39,42,47-49H,5,8,13-14,22-25,28-30H2,1-4H3,(H,50,51)/b31-26+/t37-,38+,39-,42-/m1/s1. The zero-order chi connectivity index (χ0) is 39.8. The van der Waals surface area contributed by atoms with Crippen molar-refractivity contribution in [3.8, 4) is 5.75 Å². The van der Waals surface area contributed by atoms with Crippen LogP contribution in [0.1, 0.15) is 84.6 Å². The number of hydrogen-bond donors (Lipinski definition) is 4. The molecule has 5 rings (SSSR count). The highest BCUT2D eigenvalue weighted by atomic mass is 28.4. The second-order valence-corrected chi connectivity index (χ2v) is 20.3. The molecule has 4 atom stereocenters. The number of nitrogens with zero attached hydrogens (tertiary/aromatic N) is 1. The Kier molecular flexibility index (Phi) is 14.1. The van der Waals surface area contributed by atoms with Crippen molar-refractivity contribution in [2.45, 2.75) is 90.2 Å². The maximum absolute atomic E-state index is 14.1. The first-order valence-corrected chi connectivity index (χ1v) is 21.5. The van der Waals surface area contributed by atoms with Crippen LogP contribution in [-0.2, 0) is 18.8 Å². The Morgan fingerprint density at radius 2 is 1.58 bits per heavy atom. The van der Waals surface area contributed by atoms with Crippen molar-refractivity contribution in [1.29, 1.82) is 0 Å². The fraction of sp³-hybridized carbons (Fsp3) is 0.444. The number of carbonyl (C=O) groups is 3. The highest BCUT2D eigenvalue weighted by molar-refractivity contribution is 6.99. The number of carbonyl (C=O) groups excluding carboxylic acids is 2. The Morgan fingerprint density at radius 3 is 2.15 bits per heavy atom. The predicted molar refractivity (Wildman–Crippen MR) is 217 cm³/mol. The number of aromatic hydroxyl groups is 1. The number of carboxylic acids is 1. The van der Waals surface area contributed by atoms with Crippen molar-refractivity contribution in [2.24, 2.45) is 17.8 Å². The lowest BCUT2D eigenvalue weighted by molar-refractivity contribution is -0.141. The SMILES string of the molecule is CC/C(=C\c1cccc(O)c1)CC[C@@H](O)C1=C(CO[Si](c2ccccc2)(c2ccccc2)C(C)(C)C)C[C@H]2C(=O)N(CCCCCC(=O)O)C(=O)[C@H]2[C@H]1CO. The first-order valence-electron chi connectivity index (χ1n) is 19.6. The molecule has 1 saturated heterocycles. The van der Waals surface area contributed by atoms with Gasteiger partial charge in [-0.25, -0.2) is 0 Å². The first kappa shape index (κ1) is 41.8. The molecule has 0 bridgehead atoms. The van der Waals surface area contributed by atoms with E-state index in [9.17, 15) is 29.7 Å². The molecule has 55 heavy (non-hydrogen) atoms. The van der Waals surface area contributed by atoms with Crippen LogP contribution in [0.25, 0.3) is 6.08 Å². The van der Waals surface area contributed by atoms with E-state index in [-0.39, 0.29) is 48.6 Å². The fourth-order valence-electron chi connectivity index (χ4n) is 8.74. The van der Waals surface area contributed by atoms with Crippen LogP contribution in [0.3, 0.4) is 0 Å². The Balaban J connectivity index is 1.53. The largest absolute Gasteiger partial charge is 0.508 e. The van der Waals surface area contributed by atoms with E-state index in [4.69, 9.17) is 9.53 Å². The van der Waals surface area contributed by atoms with Gasteiger partial charge in [-0.15, -0.1) is 0 Å². The Bertz CT molecular complexity index is 1810. The van der Waals surface area contributed by atoms with Gasteiger partial charge in [-0.3, -0.25) is 19.3 Å². The smallest absolute Gasteiger partial charge is 0.303 e. The Morgan fingerprint density at radius 1 is 0.927 bits per heavy atom. The van der Waals surface area contributed by atoms with Crippen molar-refractivity contribution < 1.29 is 39.2 Å². The Labute approximate surface area is 326 Å². The number of benzene rings is 3. The van der Waals surface area contributed by atoms with E-state index < -0.39 is 44.8 Å². The van der Waals surface area contributed by atoms with E-state index in [0.717, 1.165) is 33.5 Å². The second-order valence-electron chi connectivity index (χ2n) is 16.0. The number of hydrogen-bond acceptors (Lipinski definition) is 7. The molecule has 0 radical (unpaired) electrons. The zero-order valence-electron chi connectivity index (χ0n) is 32.6. The third kappa shape index (κ3) is 9.37. The van der Waals surface area contributed by atoms with Gasteiger partial charge < -0.3 is 24.9 Å². The monoisotopic (exact) mass is 767 g/mol. The lowest BCUT2D eigenvalue weighted by Crippen LogP contribution is -2.66. The quantitative estimate of drug-likeness (QED) is 0.0500. The summed E-state index contributed by atoms with van der Waals surface area (Å²) in [4.78, 5) is 40.4. The van der Waals surface area contributed by atoms with E-state index in [0.29, 0.717) is 37.7 Å². The number of fused-ring (bicyclic) bond motifs is 1. The number of unbranched alkanes of at least 4 members (excludes halogenated alkanes) is 2. The average molecular weight is 768 g/mol. The molecular weight excluding hydrogens is 711 g/mol. The summed E-state index contributed by atoms with van der Waals surface area (Å²) in [5.41, 5.74) is 3.27. The number of aliphatic hydroxyl groups excluding tert-OH is 2. The number of phenols is 1. The molecule has 2 amide bonds. The van der Waals surface area contributed by atoms with Crippen molar-refractivity contribution in [3.05, 3.63) is 107 Å². The van der Waals surface area contributed by atoms with Gasteiger partial charge in [0, 0.05) is 18.9 Å². The number of allylic oxidation sites excluding steroid dienone is 1. The minimum absolute atomic E-state index is 0.0301. The van der Waals surface area contributed by atoms with Crippen LogP contribution in [0, 0.1) is 17.8 Å². The van der Waals surface area contributed by atoms with Crippen LogP contribution in [0.15, 0.2) is 102 Å². The molecule has 1 fully saturated rings. The molecule has 4 N–H and O–H groups in total. The molecule has 0 spiro atoms. The lowest BCUT2D eigenvalue weighted by atomic mass is 9.68. The van der Waals surface area contributed by atoms with Crippen molar-refractivity contribution >= 4 is 42.6 Å². The van der Waals surface area contributed by atoms with Crippen LogP contribution in [0.4, 0.5) is 0 Å². The molecular formula is C45H57NO8Si. The second kappa shape index (κ2) is 18.5. The summed E-state index contributed by atoms with van der Waals surface area (Å²) in [6, 6.07) is 27.5. The third-order valence-electron chi connectivity index (χ3n) is 11.4. The van der Waals surface area contributed by atoms with Crippen molar-refractivity contribution in [2.75, 3.05) is 19.8 Å². The van der Waals surface area contributed by atoms with Gasteiger partial charge in [-0.2, -0.15) is 0 Å². The Hall–Kier alpha value is -4.35. The van der Waals surface area contributed by atoms with Gasteiger partial charge in [0.25, 0.3) is 8.32 Å². The number of imide groups is 1. The molecule has 1 heterocycles. The third-order valence-corrected chi connectivity index (χ3v) is 16.4. The van der Waals surface area contributed by atoms with Crippen LogP contribution in [-0.4, -0.2) is 77.3 Å². The molecule has 10 heteroatoms. The number of phenolic OH excluding ortho intramolecular Hbond substituents is 1. The zero-order valence-corrected chi connectivity index (χ0v) is 33.6. The van der Waals surface area contributed by atoms with Crippen molar-refractivity contribution in [3.63, 3.8) is 0 Å². The number of likely N-dealkylation sites (tertiary alicyclic amines) is 1. The highest BCUT2D eigenvalue weighted by Gasteiger charge is 2.56. The highest BCUT2D eigenvalue weighted by Crippen LogP contribution is 2.47. The molecule has 0 aromatic heterocycles. The van der Waals surface area contributed by atoms with Gasteiger partial charge in [0.2, 0.25) is 11.8 Å². The molecule has 0 unspecified atom stereocenters. The number of aliphatic carboxylic acids is 1. The fourth-order valence-corrected chi connectivity index (χ4v) is 13.3. The summed E-state index contributed by atoms with van der Waals surface area (Å²) in [6.07, 6.45) is 4.39. The minimum atomic E-state index is -3.04. The topological polar surface area (TPSA) is 145 Å². The number of amides is 2. The van der Waals surface area contributed by atoms with Crippen LogP contribution in [0.5, 0.6) is 5.75 Å². The summed E-state index contributed by atoms with van der Waals surface area (Å²) in [5.74, 6) is -3.63. The van der Waals surface area contributed by atoms with Crippen LogP contribution < -0.4 is 10.4 Å². The van der Waals surface area contributed by atoms with Gasteiger partial charge in [0.15, 0.2) is 0 Å². The maximum atomic E-state index is 14.1. The first-order chi connectivity index (χ1) is 26.3. The van der Waals surface area contributed by atoms with E-state index in [2.05, 4.69) is 45.0 Å². The molecule has 9 nitrogen and oxygen atoms in total. The van der Waals surface area contributed by atoms with Crippen LogP contribution in [0.2, 0.25) is 5.04 Å². The summed E-state index contributed by atoms with van der Waals surface area (Å²) in [5, 5.41) is 44.2. The molecule has 3 aromatic carbocycles. The van der Waals surface area contributed by atoms with Crippen molar-refractivity contribution in [1.82, 2.24) is 4.90 Å². The normalized spacial score (nSPS) is 19.9. The van der Waals surface area contributed by atoms with Gasteiger partial charge in [0.1, 0.15) is 5.75 Å². The van der Waals surface area contributed by atoms with E-state index in [1.165, 1.54) is 4.90 Å². The van der Waals surface area contributed by atoms with Gasteiger partial charge in [0.05, 0.1) is 31.2 Å². The summed E-state index contributed by atoms with van der Waals surface area (Å²) < 4.78 is 7.36. The molecule has 1 aliphatic carbocycles. The van der Waals surface area contributed by atoms with E-state index >= 15 is 0 Å². The summed E-state index contributed by atoms with van der Waals surface area (Å²) in [7, 11) is -3.04.